The normalized spacial score (nSPS) is 11.2. The number of carboxylic acid groups (broad SMARTS) is 1. The van der Waals surface area contributed by atoms with Gasteiger partial charge < -0.3 is 5.11 Å². The molecule has 0 saturated heterocycles. The molecular weight excluding hydrogens is 323 g/mol. The number of hydrogen-bond donors (Lipinski definition) is 2. The minimum Gasteiger partial charge on any atom is -0.478 e. The number of anilines is 1. The summed E-state index contributed by atoms with van der Waals surface area (Å²) in [4.78, 5) is 9.77. The summed E-state index contributed by atoms with van der Waals surface area (Å²) in [5, 5.41) is 8.79. The molecule has 0 radical (unpaired) electrons. The van der Waals surface area contributed by atoms with Gasteiger partial charge in [-0.25, -0.2) is 26.4 Å². The van der Waals surface area contributed by atoms with Crippen LogP contribution in [0, 0.1) is 17.5 Å². The molecule has 0 atom stereocenters. The van der Waals surface area contributed by atoms with Crippen molar-refractivity contribution in [2.24, 2.45) is 0 Å². The average molecular weight is 331 g/mol. The van der Waals surface area contributed by atoms with E-state index in [-0.39, 0.29) is 5.56 Å². The van der Waals surface area contributed by atoms with E-state index in [0.717, 1.165) is 36.4 Å². The monoisotopic (exact) mass is 331 g/mol. The molecule has 0 spiro atoms. The molecule has 2 aromatic rings. The second-order valence-corrected chi connectivity index (χ2v) is 5.81. The summed E-state index contributed by atoms with van der Waals surface area (Å²) in [5.74, 6) is -5.48. The van der Waals surface area contributed by atoms with Crippen molar-refractivity contribution in [3.05, 3.63) is 59.4 Å². The van der Waals surface area contributed by atoms with Crippen LogP contribution in [0.1, 0.15) is 10.4 Å². The third-order valence-corrected chi connectivity index (χ3v) is 4.05. The molecule has 0 unspecified atom stereocenters. The highest BCUT2D eigenvalue weighted by atomic mass is 32.2. The van der Waals surface area contributed by atoms with Gasteiger partial charge in [-0.1, -0.05) is 6.07 Å². The first-order chi connectivity index (χ1) is 10.2. The van der Waals surface area contributed by atoms with Gasteiger partial charge in [0, 0.05) is 0 Å². The molecule has 2 N–H and O–H groups in total. The smallest absolute Gasteiger partial charge is 0.335 e. The summed E-state index contributed by atoms with van der Waals surface area (Å²) < 4.78 is 65.8. The molecule has 0 aliphatic heterocycles. The highest BCUT2D eigenvalue weighted by Gasteiger charge is 2.23. The van der Waals surface area contributed by atoms with E-state index in [9.17, 15) is 26.4 Å². The zero-order valence-corrected chi connectivity index (χ0v) is 11.5. The Kier molecular flexibility index (Phi) is 4.09. The van der Waals surface area contributed by atoms with Crippen molar-refractivity contribution >= 4 is 21.7 Å². The van der Waals surface area contributed by atoms with E-state index in [4.69, 9.17) is 5.11 Å². The number of halogens is 3. The number of benzene rings is 2. The molecule has 116 valence electrons. The Labute approximate surface area is 123 Å². The molecule has 5 nitrogen and oxygen atoms in total. The fourth-order valence-corrected chi connectivity index (χ4v) is 2.77. The zero-order valence-electron chi connectivity index (χ0n) is 10.7. The van der Waals surface area contributed by atoms with Crippen molar-refractivity contribution in [3.8, 4) is 0 Å². The Hall–Kier alpha value is -2.55. The van der Waals surface area contributed by atoms with Crippen LogP contribution in [0.2, 0.25) is 0 Å². The quantitative estimate of drug-likeness (QED) is 0.902. The summed E-state index contributed by atoms with van der Waals surface area (Å²) >= 11 is 0. The molecule has 0 aliphatic carbocycles. The lowest BCUT2D eigenvalue weighted by Crippen LogP contribution is -2.16. The first-order valence-electron chi connectivity index (χ1n) is 5.72. The summed E-state index contributed by atoms with van der Waals surface area (Å²) in [6.07, 6.45) is 0. The maximum atomic E-state index is 13.6. The van der Waals surface area contributed by atoms with E-state index in [1.54, 1.807) is 4.72 Å². The lowest BCUT2D eigenvalue weighted by atomic mass is 10.2. The van der Waals surface area contributed by atoms with E-state index in [1.807, 2.05) is 0 Å². The Morgan fingerprint density at radius 2 is 1.73 bits per heavy atom. The number of rotatable bonds is 4. The summed E-state index contributed by atoms with van der Waals surface area (Å²) in [6, 6.07) is 4.88. The summed E-state index contributed by atoms with van der Waals surface area (Å²) in [6.45, 7) is 0. The van der Waals surface area contributed by atoms with Gasteiger partial charge in [-0.3, -0.25) is 4.72 Å². The van der Waals surface area contributed by atoms with Crippen LogP contribution in [0.25, 0.3) is 0 Å². The van der Waals surface area contributed by atoms with Gasteiger partial charge in [-0.15, -0.1) is 0 Å². The maximum Gasteiger partial charge on any atom is 0.335 e. The minimum atomic E-state index is -4.63. The average Bonchev–Trinajstić information content (AvgIpc) is 2.43. The fourth-order valence-electron chi connectivity index (χ4n) is 1.63. The van der Waals surface area contributed by atoms with Gasteiger partial charge in [0.1, 0.15) is 10.7 Å². The Morgan fingerprint density at radius 1 is 1.05 bits per heavy atom. The summed E-state index contributed by atoms with van der Waals surface area (Å²) in [7, 11) is -4.63. The third-order valence-electron chi connectivity index (χ3n) is 2.66. The number of sulfonamides is 1. The van der Waals surface area contributed by atoms with Crippen LogP contribution < -0.4 is 4.72 Å². The number of carbonyl (C=O) groups is 1. The second kappa shape index (κ2) is 5.68. The molecule has 2 aromatic carbocycles. The molecular formula is C13H8F3NO4S. The molecule has 0 fully saturated rings. The van der Waals surface area contributed by atoms with Crippen LogP contribution in [0.4, 0.5) is 18.9 Å². The highest BCUT2D eigenvalue weighted by Crippen LogP contribution is 2.23. The van der Waals surface area contributed by atoms with Crippen LogP contribution in [-0.2, 0) is 10.0 Å². The number of nitrogens with one attached hydrogen (secondary N) is 1. The minimum absolute atomic E-state index is 0.376. The third kappa shape index (κ3) is 3.03. The molecule has 0 saturated carbocycles. The van der Waals surface area contributed by atoms with E-state index >= 15 is 0 Å². The van der Waals surface area contributed by atoms with Crippen LogP contribution in [-0.4, -0.2) is 19.5 Å². The predicted octanol–water partition coefficient (Wildman–Crippen LogP) is 2.60. The van der Waals surface area contributed by atoms with Crippen molar-refractivity contribution in [2.75, 3.05) is 4.72 Å². The van der Waals surface area contributed by atoms with Crippen LogP contribution in [0.5, 0.6) is 0 Å². The summed E-state index contributed by atoms with van der Waals surface area (Å²) in [5.41, 5.74) is -1.07. The van der Waals surface area contributed by atoms with Crippen molar-refractivity contribution in [3.63, 3.8) is 0 Å². The zero-order chi connectivity index (χ0) is 16.5. The van der Waals surface area contributed by atoms with Gasteiger partial charge in [0.05, 0.1) is 11.3 Å². The highest BCUT2D eigenvalue weighted by molar-refractivity contribution is 7.92. The van der Waals surface area contributed by atoms with Crippen molar-refractivity contribution in [2.45, 2.75) is 4.90 Å². The lowest BCUT2D eigenvalue weighted by Gasteiger charge is -2.10. The lowest BCUT2D eigenvalue weighted by molar-refractivity contribution is 0.0697. The van der Waals surface area contributed by atoms with Crippen LogP contribution in [0.3, 0.4) is 0 Å². The predicted molar refractivity (Wildman–Crippen MR) is 70.5 cm³/mol. The van der Waals surface area contributed by atoms with Gasteiger partial charge in [0.2, 0.25) is 0 Å². The number of aromatic carboxylic acids is 1. The van der Waals surface area contributed by atoms with Crippen molar-refractivity contribution in [1.82, 2.24) is 0 Å². The van der Waals surface area contributed by atoms with E-state index in [2.05, 4.69) is 0 Å². The molecule has 0 heterocycles. The largest absolute Gasteiger partial charge is 0.478 e. The molecule has 2 rings (SSSR count). The molecule has 0 aliphatic rings. The topological polar surface area (TPSA) is 83.5 Å². The Balaban J connectivity index is 2.47. The molecule has 0 amide bonds. The fraction of sp³-hybridized carbons (Fsp3) is 0. The maximum absolute atomic E-state index is 13.6. The Bertz CT molecular complexity index is 852. The molecule has 0 aromatic heterocycles. The van der Waals surface area contributed by atoms with E-state index < -0.39 is 44.0 Å². The second-order valence-electron chi connectivity index (χ2n) is 4.16. The van der Waals surface area contributed by atoms with Crippen molar-refractivity contribution in [1.29, 1.82) is 0 Å². The van der Waals surface area contributed by atoms with Gasteiger partial charge in [0.15, 0.2) is 11.6 Å². The van der Waals surface area contributed by atoms with Gasteiger partial charge in [-0.05, 0) is 30.3 Å². The Morgan fingerprint density at radius 3 is 2.36 bits per heavy atom. The van der Waals surface area contributed by atoms with Crippen molar-refractivity contribution < 1.29 is 31.5 Å². The molecule has 0 bridgehead atoms. The first-order valence-corrected chi connectivity index (χ1v) is 7.20. The first kappa shape index (κ1) is 15.8. The van der Waals surface area contributed by atoms with Gasteiger partial charge in [0.25, 0.3) is 10.0 Å². The van der Waals surface area contributed by atoms with Crippen LogP contribution >= 0.6 is 0 Å². The van der Waals surface area contributed by atoms with Gasteiger partial charge >= 0.3 is 5.97 Å². The molecule has 9 heteroatoms. The standard InChI is InChI=1S/C13H8F3NO4S/c14-8-5-4-7(13(18)19)6-10(8)17-22(20,21)11-3-1-2-9(15)12(11)16/h1-6,17H,(H,18,19). The number of hydrogen-bond acceptors (Lipinski definition) is 3. The number of carboxylic acids is 1. The SMILES string of the molecule is O=C(O)c1ccc(F)c(NS(=O)(=O)c2cccc(F)c2F)c1. The van der Waals surface area contributed by atoms with Crippen LogP contribution in [0.15, 0.2) is 41.3 Å². The van der Waals surface area contributed by atoms with E-state index in [0.29, 0.717) is 0 Å². The molecule has 22 heavy (non-hydrogen) atoms. The van der Waals surface area contributed by atoms with Gasteiger partial charge in [-0.2, -0.15) is 0 Å². The van der Waals surface area contributed by atoms with E-state index in [1.165, 1.54) is 0 Å².